The molecule has 0 N–H and O–H groups in total. The molecule has 1 aromatic carbocycles. The number of carbonyl (C=O) groups is 1. The molecule has 1 saturated heterocycles. The van der Waals surface area contributed by atoms with Crippen LogP contribution in [0.4, 0.5) is 5.69 Å². The van der Waals surface area contributed by atoms with E-state index in [9.17, 15) is 4.79 Å². The van der Waals surface area contributed by atoms with Crippen LogP contribution in [-0.4, -0.2) is 19.6 Å². The predicted molar refractivity (Wildman–Crippen MR) is 73.4 cm³/mol. The number of carbonyl (C=O) groups excluding carboxylic acids is 1. The molecule has 0 spiro atoms. The Morgan fingerprint density at radius 1 is 1.56 bits per heavy atom. The number of aryl methyl sites for hydroxylation is 1. The van der Waals surface area contributed by atoms with E-state index in [1.807, 2.05) is 19.1 Å². The van der Waals surface area contributed by atoms with E-state index in [0.29, 0.717) is 23.7 Å². The van der Waals surface area contributed by atoms with Crippen LogP contribution in [0.5, 0.6) is 5.75 Å². The molecule has 96 valence electrons. The van der Waals surface area contributed by atoms with Gasteiger partial charge in [-0.2, -0.15) is 0 Å². The van der Waals surface area contributed by atoms with Crippen molar-refractivity contribution in [1.82, 2.24) is 0 Å². The monoisotopic (exact) mass is 265 g/mol. The highest BCUT2D eigenvalue weighted by atomic mass is 35.5. The molecule has 1 amide bonds. The lowest BCUT2D eigenvalue weighted by Crippen LogP contribution is -2.25. The minimum absolute atomic E-state index is 0.115. The molecule has 1 aliphatic heterocycles. The van der Waals surface area contributed by atoms with Gasteiger partial charge in [-0.05, 0) is 24.6 Å². The normalized spacial score (nSPS) is 19.2. The van der Waals surface area contributed by atoms with E-state index in [-0.39, 0.29) is 11.8 Å². The highest BCUT2D eigenvalue weighted by Gasteiger charge is 2.29. The van der Waals surface area contributed by atoms with Crippen molar-refractivity contribution in [3.8, 4) is 5.75 Å². The van der Waals surface area contributed by atoms with Gasteiger partial charge in [0.05, 0.1) is 12.1 Å². The number of halogens is 1. The van der Waals surface area contributed by atoms with Gasteiger partial charge in [-0.25, -0.2) is 0 Å². The van der Waals surface area contributed by atoms with Gasteiger partial charge in [0.1, 0.15) is 5.75 Å². The standard InChI is InChI=1S/C14H16ClNO2/c1-4-10-6-14(17)16(8-10)12-7-11(15)13(18-3)5-9(12)2/h4-5,7,10H,1,6,8H2,2-3H3. The van der Waals surface area contributed by atoms with E-state index >= 15 is 0 Å². The molecule has 18 heavy (non-hydrogen) atoms. The van der Waals surface area contributed by atoms with E-state index in [1.165, 1.54) is 0 Å². The van der Waals surface area contributed by atoms with Gasteiger partial charge in [0.15, 0.2) is 0 Å². The van der Waals surface area contributed by atoms with Gasteiger partial charge in [0.25, 0.3) is 0 Å². The predicted octanol–water partition coefficient (Wildman–Crippen LogP) is 3.20. The topological polar surface area (TPSA) is 29.5 Å². The number of amides is 1. The van der Waals surface area contributed by atoms with Crippen LogP contribution in [0.15, 0.2) is 24.8 Å². The highest BCUT2D eigenvalue weighted by Crippen LogP contribution is 2.35. The number of rotatable bonds is 3. The van der Waals surface area contributed by atoms with Gasteiger partial charge in [-0.1, -0.05) is 17.7 Å². The summed E-state index contributed by atoms with van der Waals surface area (Å²) >= 11 is 6.11. The van der Waals surface area contributed by atoms with Crippen molar-refractivity contribution in [2.75, 3.05) is 18.6 Å². The van der Waals surface area contributed by atoms with Gasteiger partial charge >= 0.3 is 0 Å². The fourth-order valence-corrected chi connectivity index (χ4v) is 2.45. The Hall–Kier alpha value is -1.48. The largest absolute Gasteiger partial charge is 0.495 e. The Morgan fingerprint density at radius 2 is 2.28 bits per heavy atom. The molecule has 1 heterocycles. The van der Waals surface area contributed by atoms with Crippen molar-refractivity contribution >= 4 is 23.2 Å². The van der Waals surface area contributed by atoms with Crippen LogP contribution in [-0.2, 0) is 4.79 Å². The number of nitrogens with zero attached hydrogens (tertiary/aromatic N) is 1. The summed E-state index contributed by atoms with van der Waals surface area (Å²) in [6.07, 6.45) is 2.35. The van der Waals surface area contributed by atoms with Gasteiger partial charge in [-0.15, -0.1) is 6.58 Å². The highest BCUT2D eigenvalue weighted by molar-refractivity contribution is 6.32. The Bertz CT molecular complexity index is 499. The number of methoxy groups -OCH3 is 1. The molecule has 1 aromatic rings. The van der Waals surface area contributed by atoms with Crippen LogP contribution in [0, 0.1) is 12.8 Å². The average molecular weight is 266 g/mol. The van der Waals surface area contributed by atoms with E-state index < -0.39 is 0 Å². The van der Waals surface area contributed by atoms with Crippen LogP contribution < -0.4 is 9.64 Å². The zero-order valence-electron chi connectivity index (χ0n) is 10.6. The second-order valence-corrected chi connectivity index (χ2v) is 4.88. The molecule has 2 rings (SSSR count). The minimum Gasteiger partial charge on any atom is -0.495 e. The van der Waals surface area contributed by atoms with Crippen molar-refractivity contribution in [1.29, 1.82) is 0 Å². The Balaban J connectivity index is 2.37. The van der Waals surface area contributed by atoms with Crippen LogP contribution in [0.1, 0.15) is 12.0 Å². The first-order valence-corrected chi connectivity index (χ1v) is 6.21. The van der Waals surface area contributed by atoms with E-state index in [4.69, 9.17) is 16.3 Å². The van der Waals surface area contributed by atoms with Crippen molar-refractivity contribution in [2.45, 2.75) is 13.3 Å². The Labute approximate surface area is 112 Å². The van der Waals surface area contributed by atoms with Crippen LogP contribution in [0.2, 0.25) is 5.02 Å². The van der Waals surface area contributed by atoms with Crippen molar-refractivity contribution in [3.05, 3.63) is 35.4 Å². The maximum absolute atomic E-state index is 12.0. The third kappa shape index (κ3) is 2.23. The second-order valence-electron chi connectivity index (χ2n) is 4.48. The summed E-state index contributed by atoms with van der Waals surface area (Å²) in [5.74, 6) is 0.965. The zero-order valence-corrected chi connectivity index (χ0v) is 11.3. The molecule has 0 bridgehead atoms. The number of hydrogen-bond acceptors (Lipinski definition) is 2. The SMILES string of the molecule is C=CC1CC(=O)N(c2cc(Cl)c(OC)cc2C)C1. The number of hydrogen-bond donors (Lipinski definition) is 0. The van der Waals surface area contributed by atoms with E-state index in [2.05, 4.69) is 6.58 Å². The molecule has 1 fully saturated rings. The first-order chi connectivity index (χ1) is 8.56. The Kier molecular flexibility index (Phi) is 3.62. The van der Waals surface area contributed by atoms with Gasteiger partial charge in [0.2, 0.25) is 5.91 Å². The average Bonchev–Trinajstić information content (AvgIpc) is 2.73. The van der Waals surface area contributed by atoms with Gasteiger partial charge in [-0.3, -0.25) is 4.79 Å². The molecule has 3 nitrogen and oxygen atoms in total. The smallest absolute Gasteiger partial charge is 0.227 e. The van der Waals surface area contributed by atoms with Crippen molar-refractivity contribution < 1.29 is 9.53 Å². The summed E-state index contributed by atoms with van der Waals surface area (Å²) in [7, 11) is 1.58. The minimum atomic E-state index is 0.115. The van der Waals surface area contributed by atoms with Gasteiger partial charge in [0, 0.05) is 24.6 Å². The zero-order chi connectivity index (χ0) is 13.3. The fraction of sp³-hybridized carbons (Fsp3) is 0.357. The van der Waals surface area contributed by atoms with Crippen LogP contribution in [0.25, 0.3) is 0 Å². The summed E-state index contributed by atoms with van der Waals surface area (Å²) < 4.78 is 5.16. The molecule has 0 aromatic heterocycles. The molecule has 1 unspecified atom stereocenters. The Morgan fingerprint density at radius 3 is 2.83 bits per heavy atom. The lowest BCUT2D eigenvalue weighted by molar-refractivity contribution is -0.117. The first kappa shape index (κ1) is 13.0. The van der Waals surface area contributed by atoms with Gasteiger partial charge < -0.3 is 9.64 Å². The molecule has 1 atom stereocenters. The summed E-state index contributed by atoms with van der Waals surface area (Å²) in [5, 5.41) is 0.521. The molecule has 4 heteroatoms. The molecule has 0 aliphatic carbocycles. The molecular weight excluding hydrogens is 250 g/mol. The molecular formula is C14H16ClNO2. The van der Waals surface area contributed by atoms with Crippen LogP contribution >= 0.6 is 11.6 Å². The summed E-state index contributed by atoms with van der Waals surface area (Å²) in [6, 6.07) is 3.64. The number of anilines is 1. The second kappa shape index (κ2) is 5.02. The summed E-state index contributed by atoms with van der Waals surface area (Å²) in [6.45, 7) is 6.37. The molecule has 0 saturated carbocycles. The fourth-order valence-electron chi connectivity index (χ4n) is 2.22. The third-order valence-electron chi connectivity index (χ3n) is 3.25. The summed E-state index contributed by atoms with van der Waals surface area (Å²) in [4.78, 5) is 13.7. The quantitative estimate of drug-likeness (QED) is 0.786. The molecule has 0 radical (unpaired) electrons. The lowest BCUT2D eigenvalue weighted by Gasteiger charge is -2.20. The van der Waals surface area contributed by atoms with Crippen LogP contribution in [0.3, 0.4) is 0 Å². The number of benzene rings is 1. The maximum Gasteiger partial charge on any atom is 0.227 e. The molecule has 1 aliphatic rings. The number of ether oxygens (including phenoxy) is 1. The third-order valence-corrected chi connectivity index (χ3v) is 3.54. The summed E-state index contributed by atoms with van der Waals surface area (Å²) in [5.41, 5.74) is 1.84. The van der Waals surface area contributed by atoms with Crippen molar-refractivity contribution in [2.24, 2.45) is 5.92 Å². The maximum atomic E-state index is 12.0. The van der Waals surface area contributed by atoms with E-state index in [0.717, 1.165) is 11.3 Å². The van der Waals surface area contributed by atoms with E-state index in [1.54, 1.807) is 18.1 Å². The first-order valence-electron chi connectivity index (χ1n) is 5.84. The van der Waals surface area contributed by atoms with Crippen molar-refractivity contribution in [3.63, 3.8) is 0 Å². The lowest BCUT2D eigenvalue weighted by atomic mass is 10.1.